The summed E-state index contributed by atoms with van der Waals surface area (Å²) in [6.07, 6.45) is 1.26. The van der Waals surface area contributed by atoms with Gasteiger partial charge in [-0.1, -0.05) is 6.07 Å². The molecule has 19 heavy (non-hydrogen) atoms. The first-order chi connectivity index (χ1) is 8.99. The summed E-state index contributed by atoms with van der Waals surface area (Å²) in [4.78, 5) is 6.69. The van der Waals surface area contributed by atoms with Gasteiger partial charge in [-0.15, -0.1) is 0 Å². The Labute approximate surface area is 114 Å². The first-order valence-corrected chi connectivity index (χ1v) is 8.15. The molecule has 6 nitrogen and oxygen atoms in total. The van der Waals surface area contributed by atoms with Crippen LogP contribution in [0.25, 0.3) is 0 Å². The zero-order chi connectivity index (χ0) is 13.9. The van der Waals surface area contributed by atoms with Gasteiger partial charge in [0.15, 0.2) is 0 Å². The summed E-state index contributed by atoms with van der Waals surface area (Å²) in [6, 6.07) is 5.88. The molecule has 2 heterocycles. The molecule has 1 saturated heterocycles. The van der Waals surface area contributed by atoms with Gasteiger partial charge in [0.05, 0.1) is 11.9 Å². The van der Waals surface area contributed by atoms with Gasteiger partial charge in [-0.3, -0.25) is 4.90 Å². The van der Waals surface area contributed by atoms with Crippen molar-refractivity contribution in [2.45, 2.75) is 6.54 Å². The first kappa shape index (κ1) is 14.2. The van der Waals surface area contributed by atoms with Gasteiger partial charge in [0.2, 0.25) is 10.0 Å². The van der Waals surface area contributed by atoms with Crippen LogP contribution in [0.3, 0.4) is 0 Å². The lowest BCUT2D eigenvalue weighted by Gasteiger charge is -2.32. The lowest BCUT2D eigenvalue weighted by atomic mass is 10.3. The van der Waals surface area contributed by atoms with Crippen molar-refractivity contribution < 1.29 is 8.42 Å². The third-order valence-corrected chi connectivity index (χ3v) is 4.55. The van der Waals surface area contributed by atoms with Gasteiger partial charge >= 0.3 is 0 Å². The molecule has 0 aromatic carbocycles. The molecule has 0 atom stereocenters. The molecule has 0 amide bonds. The van der Waals surface area contributed by atoms with E-state index in [0.717, 1.165) is 31.1 Å². The van der Waals surface area contributed by atoms with Crippen molar-refractivity contribution >= 4 is 15.8 Å². The second-order valence-corrected chi connectivity index (χ2v) is 6.68. The van der Waals surface area contributed by atoms with Crippen LogP contribution < -0.4 is 5.32 Å². The van der Waals surface area contributed by atoms with Crippen molar-refractivity contribution in [1.82, 2.24) is 14.2 Å². The monoisotopic (exact) mass is 284 g/mol. The maximum Gasteiger partial charge on any atom is 0.211 e. The maximum atomic E-state index is 11.4. The molecule has 1 N–H and O–H groups in total. The number of sulfonamides is 1. The molecule has 1 aliphatic heterocycles. The number of hydrogen-bond acceptors (Lipinski definition) is 5. The Morgan fingerprint density at radius 2 is 1.95 bits per heavy atom. The zero-order valence-corrected chi connectivity index (χ0v) is 12.2. The van der Waals surface area contributed by atoms with Crippen molar-refractivity contribution in [3.05, 3.63) is 23.9 Å². The number of rotatable bonds is 4. The van der Waals surface area contributed by atoms with Crippen molar-refractivity contribution in [2.75, 3.05) is 44.8 Å². The molecule has 106 valence electrons. The van der Waals surface area contributed by atoms with Crippen LogP contribution in [0.5, 0.6) is 0 Å². The smallest absolute Gasteiger partial charge is 0.211 e. The van der Waals surface area contributed by atoms with Crippen molar-refractivity contribution in [2.24, 2.45) is 0 Å². The quantitative estimate of drug-likeness (QED) is 0.855. The van der Waals surface area contributed by atoms with Gasteiger partial charge in [-0.25, -0.2) is 13.4 Å². The van der Waals surface area contributed by atoms with Gasteiger partial charge in [0.25, 0.3) is 0 Å². The molecule has 1 aromatic rings. The van der Waals surface area contributed by atoms with Gasteiger partial charge in [-0.2, -0.15) is 4.31 Å². The number of hydrogen-bond donors (Lipinski definition) is 1. The topological polar surface area (TPSA) is 65.5 Å². The van der Waals surface area contributed by atoms with Crippen LogP contribution in [0, 0.1) is 0 Å². The Kier molecular flexibility index (Phi) is 4.38. The average Bonchev–Trinajstić information content (AvgIpc) is 2.38. The Bertz CT molecular complexity index is 524. The Morgan fingerprint density at radius 3 is 2.53 bits per heavy atom. The van der Waals surface area contributed by atoms with Crippen LogP contribution in [0.4, 0.5) is 5.82 Å². The minimum atomic E-state index is -3.05. The molecule has 1 fully saturated rings. The van der Waals surface area contributed by atoms with Crippen LogP contribution in [-0.4, -0.2) is 62.1 Å². The maximum absolute atomic E-state index is 11.4. The molecule has 2 rings (SSSR count). The number of pyridine rings is 1. The summed E-state index contributed by atoms with van der Waals surface area (Å²) in [6.45, 7) is 3.37. The van der Waals surface area contributed by atoms with Crippen molar-refractivity contribution in [3.63, 3.8) is 0 Å². The van der Waals surface area contributed by atoms with E-state index in [1.807, 2.05) is 25.2 Å². The highest BCUT2D eigenvalue weighted by Crippen LogP contribution is 2.11. The Morgan fingerprint density at radius 1 is 1.26 bits per heavy atom. The standard InChI is InChI=1S/C12H20N4O2S/c1-13-12-5-3-4-11(14-12)10-15-6-8-16(9-7-15)19(2,17)18/h3-5H,6-10H2,1-2H3,(H,13,14). The lowest BCUT2D eigenvalue weighted by molar-refractivity contribution is 0.180. The second-order valence-electron chi connectivity index (χ2n) is 4.70. The van der Waals surface area contributed by atoms with Crippen molar-refractivity contribution in [3.8, 4) is 0 Å². The minimum absolute atomic E-state index is 0.560. The van der Waals surface area contributed by atoms with Crippen molar-refractivity contribution in [1.29, 1.82) is 0 Å². The molecular formula is C12H20N4O2S. The van der Waals surface area contributed by atoms with E-state index in [0.29, 0.717) is 13.1 Å². The fourth-order valence-corrected chi connectivity index (χ4v) is 2.98. The van der Waals surface area contributed by atoms with Crippen LogP contribution >= 0.6 is 0 Å². The summed E-state index contributed by atoms with van der Waals surface area (Å²) >= 11 is 0. The molecule has 0 aliphatic carbocycles. The van der Waals surface area contributed by atoms with E-state index in [1.54, 1.807) is 0 Å². The number of nitrogens with one attached hydrogen (secondary N) is 1. The van der Waals surface area contributed by atoms with Gasteiger partial charge in [0.1, 0.15) is 5.82 Å². The molecule has 0 radical (unpaired) electrons. The van der Waals surface area contributed by atoms with E-state index in [4.69, 9.17) is 0 Å². The summed E-state index contributed by atoms with van der Waals surface area (Å²) in [7, 11) is -1.21. The van der Waals surface area contributed by atoms with E-state index in [2.05, 4.69) is 15.2 Å². The minimum Gasteiger partial charge on any atom is -0.373 e. The fourth-order valence-electron chi connectivity index (χ4n) is 2.16. The zero-order valence-electron chi connectivity index (χ0n) is 11.3. The highest BCUT2D eigenvalue weighted by atomic mass is 32.2. The highest BCUT2D eigenvalue weighted by Gasteiger charge is 2.23. The molecule has 1 aliphatic rings. The molecular weight excluding hydrogens is 264 g/mol. The molecule has 0 spiro atoms. The SMILES string of the molecule is CNc1cccc(CN2CCN(S(C)(=O)=O)CC2)n1. The third kappa shape index (κ3) is 3.89. The number of aromatic nitrogens is 1. The number of anilines is 1. The van der Waals surface area contributed by atoms with Gasteiger partial charge < -0.3 is 5.32 Å². The first-order valence-electron chi connectivity index (χ1n) is 6.30. The predicted molar refractivity (Wildman–Crippen MR) is 75.5 cm³/mol. The van der Waals surface area contributed by atoms with E-state index < -0.39 is 10.0 Å². The van der Waals surface area contributed by atoms with E-state index in [1.165, 1.54) is 10.6 Å². The van der Waals surface area contributed by atoms with E-state index >= 15 is 0 Å². The molecule has 1 aromatic heterocycles. The Balaban J connectivity index is 1.92. The van der Waals surface area contributed by atoms with Gasteiger partial charge in [-0.05, 0) is 12.1 Å². The predicted octanol–water partition coefficient (Wildman–Crippen LogP) is 0.201. The normalized spacial score (nSPS) is 18.4. The van der Waals surface area contributed by atoms with E-state index in [-0.39, 0.29) is 0 Å². The van der Waals surface area contributed by atoms with Crippen LogP contribution in [0.15, 0.2) is 18.2 Å². The average molecular weight is 284 g/mol. The molecule has 0 unspecified atom stereocenters. The highest BCUT2D eigenvalue weighted by molar-refractivity contribution is 7.88. The molecule has 0 saturated carbocycles. The largest absolute Gasteiger partial charge is 0.373 e. The second kappa shape index (κ2) is 5.85. The summed E-state index contributed by atoms with van der Waals surface area (Å²) < 4.78 is 24.4. The fraction of sp³-hybridized carbons (Fsp3) is 0.583. The number of piperazine rings is 1. The Hall–Kier alpha value is -1.18. The summed E-state index contributed by atoms with van der Waals surface area (Å²) in [5.74, 6) is 0.854. The molecule has 0 bridgehead atoms. The van der Waals surface area contributed by atoms with Crippen LogP contribution in [0.1, 0.15) is 5.69 Å². The molecule has 7 heteroatoms. The van der Waals surface area contributed by atoms with E-state index in [9.17, 15) is 8.42 Å². The summed E-state index contributed by atoms with van der Waals surface area (Å²) in [5.41, 5.74) is 1.000. The summed E-state index contributed by atoms with van der Waals surface area (Å²) in [5, 5.41) is 3.01. The third-order valence-electron chi connectivity index (χ3n) is 3.25. The number of nitrogens with zero attached hydrogens (tertiary/aromatic N) is 3. The lowest BCUT2D eigenvalue weighted by Crippen LogP contribution is -2.47. The van der Waals surface area contributed by atoms with Crippen LogP contribution in [-0.2, 0) is 16.6 Å². The van der Waals surface area contributed by atoms with Gasteiger partial charge in [0, 0.05) is 39.8 Å². The van der Waals surface area contributed by atoms with Crippen LogP contribution in [0.2, 0.25) is 0 Å².